The van der Waals surface area contributed by atoms with E-state index in [2.05, 4.69) is 25.8 Å². The van der Waals surface area contributed by atoms with Crippen molar-refractivity contribution in [2.45, 2.75) is 38.2 Å². The normalized spacial score (nSPS) is 25.4. The monoisotopic (exact) mass is 366 g/mol. The summed E-state index contributed by atoms with van der Waals surface area (Å²) >= 11 is 0. The third kappa shape index (κ3) is 3.06. The summed E-state index contributed by atoms with van der Waals surface area (Å²) in [5, 5.41) is 1.08. The lowest BCUT2D eigenvalue weighted by Crippen LogP contribution is -2.43. The third-order valence-corrected chi connectivity index (χ3v) is 6.51. The van der Waals surface area contributed by atoms with Crippen molar-refractivity contribution in [1.29, 1.82) is 0 Å². The third-order valence-electron chi connectivity index (χ3n) is 6.51. The van der Waals surface area contributed by atoms with Crippen molar-refractivity contribution in [2.24, 2.45) is 5.41 Å². The standard InChI is InChI=1S/C21H26N4O2/c26-20-21(14-16(27-20)15-24-10-1-2-11-24)6-12-25(13-7-21)19-17-4-3-8-22-18(17)5-9-23-19/h3-5,8-9,16H,1-2,6-7,10-15H2. The number of esters is 1. The second kappa shape index (κ2) is 6.75. The average Bonchev–Trinajstić information content (AvgIpc) is 3.31. The van der Waals surface area contributed by atoms with E-state index in [1.807, 2.05) is 24.5 Å². The zero-order valence-electron chi connectivity index (χ0n) is 15.6. The number of fused-ring (bicyclic) bond motifs is 1. The summed E-state index contributed by atoms with van der Waals surface area (Å²) in [6.45, 7) is 4.89. The van der Waals surface area contributed by atoms with Gasteiger partial charge in [-0.1, -0.05) is 0 Å². The van der Waals surface area contributed by atoms with Gasteiger partial charge in [0.25, 0.3) is 0 Å². The van der Waals surface area contributed by atoms with Crippen LogP contribution in [0, 0.1) is 5.41 Å². The minimum Gasteiger partial charge on any atom is -0.461 e. The molecule has 3 fully saturated rings. The maximum Gasteiger partial charge on any atom is 0.312 e. The molecule has 0 N–H and O–H groups in total. The van der Waals surface area contributed by atoms with Crippen molar-refractivity contribution < 1.29 is 9.53 Å². The van der Waals surface area contributed by atoms with Gasteiger partial charge < -0.3 is 9.64 Å². The van der Waals surface area contributed by atoms with Gasteiger partial charge >= 0.3 is 5.97 Å². The molecule has 6 nitrogen and oxygen atoms in total. The maximum absolute atomic E-state index is 12.7. The Morgan fingerprint density at radius 3 is 2.70 bits per heavy atom. The maximum atomic E-state index is 12.7. The highest BCUT2D eigenvalue weighted by molar-refractivity contribution is 5.89. The van der Waals surface area contributed by atoms with E-state index >= 15 is 0 Å². The highest BCUT2D eigenvalue weighted by atomic mass is 16.6. The number of piperidine rings is 1. The van der Waals surface area contributed by atoms with Gasteiger partial charge in [0, 0.05) is 43.8 Å². The van der Waals surface area contributed by atoms with E-state index in [0.717, 1.165) is 68.7 Å². The quantitative estimate of drug-likeness (QED) is 0.779. The summed E-state index contributed by atoms with van der Waals surface area (Å²) in [5.41, 5.74) is 0.678. The van der Waals surface area contributed by atoms with Gasteiger partial charge in [-0.05, 0) is 57.0 Å². The molecule has 27 heavy (non-hydrogen) atoms. The number of hydrogen-bond acceptors (Lipinski definition) is 6. The second-order valence-corrected chi connectivity index (χ2v) is 8.21. The highest BCUT2D eigenvalue weighted by Gasteiger charge is 2.50. The lowest BCUT2D eigenvalue weighted by Gasteiger charge is -2.37. The van der Waals surface area contributed by atoms with Gasteiger partial charge in [0.15, 0.2) is 0 Å². The van der Waals surface area contributed by atoms with Gasteiger partial charge in [-0.25, -0.2) is 4.98 Å². The van der Waals surface area contributed by atoms with Gasteiger partial charge in [-0.15, -0.1) is 0 Å². The van der Waals surface area contributed by atoms with Gasteiger partial charge in [-0.2, -0.15) is 0 Å². The average molecular weight is 366 g/mol. The van der Waals surface area contributed by atoms with Crippen LogP contribution in [0.3, 0.4) is 0 Å². The van der Waals surface area contributed by atoms with Crippen LogP contribution >= 0.6 is 0 Å². The van der Waals surface area contributed by atoms with E-state index in [1.54, 1.807) is 0 Å². The topological polar surface area (TPSA) is 58.6 Å². The van der Waals surface area contributed by atoms with E-state index in [-0.39, 0.29) is 17.5 Å². The fraction of sp³-hybridized carbons (Fsp3) is 0.571. The molecule has 142 valence electrons. The van der Waals surface area contributed by atoms with Crippen LogP contribution in [-0.2, 0) is 9.53 Å². The molecule has 0 aliphatic carbocycles. The van der Waals surface area contributed by atoms with Crippen LogP contribution in [0.5, 0.6) is 0 Å². The Morgan fingerprint density at radius 2 is 1.89 bits per heavy atom. The van der Waals surface area contributed by atoms with E-state index in [1.165, 1.54) is 12.8 Å². The number of carbonyl (C=O) groups is 1. The van der Waals surface area contributed by atoms with Crippen LogP contribution in [0.2, 0.25) is 0 Å². The summed E-state index contributed by atoms with van der Waals surface area (Å²) in [6.07, 6.45) is 8.82. The molecule has 2 aromatic heterocycles. The Bertz CT molecular complexity index is 836. The van der Waals surface area contributed by atoms with Crippen LogP contribution in [0.25, 0.3) is 10.9 Å². The largest absolute Gasteiger partial charge is 0.461 e. The first-order chi connectivity index (χ1) is 13.2. The molecule has 0 saturated carbocycles. The van der Waals surface area contributed by atoms with E-state index in [9.17, 15) is 4.79 Å². The molecule has 0 amide bonds. The molecule has 0 radical (unpaired) electrons. The summed E-state index contributed by atoms with van der Waals surface area (Å²) in [5.74, 6) is 1.01. The van der Waals surface area contributed by atoms with Crippen molar-refractivity contribution in [1.82, 2.24) is 14.9 Å². The molecule has 3 aliphatic rings. The lowest BCUT2D eigenvalue weighted by atomic mass is 9.76. The smallest absolute Gasteiger partial charge is 0.312 e. The van der Waals surface area contributed by atoms with Gasteiger partial charge in [-0.3, -0.25) is 14.7 Å². The number of hydrogen-bond donors (Lipinski definition) is 0. The fourth-order valence-electron chi connectivity index (χ4n) is 4.99. The van der Waals surface area contributed by atoms with Crippen LogP contribution in [0.4, 0.5) is 5.82 Å². The Balaban J connectivity index is 1.28. The Labute approximate surface area is 159 Å². The van der Waals surface area contributed by atoms with E-state index in [0.29, 0.717) is 0 Å². The van der Waals surface area contributed by atoms with Crippen LogP contribution in [-0.4, -0.2) is 59.7 Å². The molecule has 3 saturated heterocycles. The first-order valence-electron chi connectivity index (χ1n) is 10.1. The highest BCUT2D eigenvalue weighted by Crippen LogP contribution is 2.44. The predicted molar refractivity (Wildman–Crippen MR) is 104 cm³/mol. The zero-order chi connectivity index (χ0) is 18.3. The molecule has 2 aromatic rings. The minimum absolute atomic E-state index is 0.0268. The molecule has 1 unspecified atom stereocenters. The van der Waals surface area contributed by atoms with Crippen molar-refractivity contribution in [3.8, 4) is 0 Å². The number of cyclic esters (lactones) is 1. The number of ether oxygens (including phenoxy) is 1. The molecule has 1 spiro atoms. The molecular weight excluding hydrogens is 340 g/mol. The molecule has 3 aliphatic heterocycles. The Hall–Kier alpha value is -2.21. The second-order valence-electron chi connectivity index (χ2n) is 8.21. The van der Waals surface area contributed by atoms with Crippen molar-refractivity contribution in [3.05, 3.63) is 30.6 Å². The van der Waals surface area contributed by atoms with Crippen molar-refractivity contribution in [2.75, 3.05) is 37.6 Å². The molecular formula is C21H26N4O2. The number of rotatable bonds is 3. The van der Waals surface area contributed by atoms with Crippen LogP contribution < -0.4 is 4.90 Å². The Kier molecular flexibility index (Phi) is 4.23. The molecule has 1 atom stereocenters. The summed E-state index contributed by atoms with van der Waals surface area (Å²) in [4.78, 5) is 26.5. The lowest BCUT2D eigenvalue weighted by molar-refractivity contribution is -0.150. The number of nitrogens with zero attached hydrogens (tertiary/aromatic N) is 4. The first-order valence-corrected chi connectivity index (χ1v) is 10.1. The molecule has 6 heteroatoms. The van der Waals surface area contributed by atoms with Crippen molar-refractivity contribution in [3.63, 3.8) is 0 Å². The number of carbonyl (C=O) groups excluding carboxylic acids is 1. The molecule has 0 aromatic carbocycles. The SMILES string of the molecule is O=C1OC(CN2CCCC2)CC12CCN(c1nccc3ncccc13)CC2. The minimum atomic E-state index is -0.288. The number of likely N-dealkylation sites (tertiary alicyclic amines) is 1. The fourth-order valence-corrected chi connectivity index (χ4v) is 4.99. The van der Waals surface area contributed by atoms with E-state index in [4.69, 9.17) is 4.74 Å². The molecule has 5 heterocycles. The zero-order valence-corrected chi connectivity index (χ0v) is 15.6. The van der Waals surface area contributed by atoms with Crippen LogP contribution in [0.1, 0.15) is 32.1 Å². The first kappa shape index (κ1) is 16.9. The summed E-state index contributed by atoms with van der Waals surface area (Å²) in [7, 11) is 0. The van der Waals surface area contributed by atoms with E-state index < -0.39 is 0 Å². The number of pyridine rings is 2. The number of anilines is 1. The van der Waals surface area contributed by atoms with Gasteiger partial charge in [0.1, 0.15) is 11.9 Å². The summed E-state index contributed by atoms with van der Waals surface area (Å²) in [6, 6.07) is 5.97. The van der Waals surface area contributed by atoms with Crippen molar-refractivity contribution >= 4 is 22.7 Å². The number of aromatic nitrogens is 2. The molecule has 5 rings (SSSR count). The van der Waals surface area contributed by atoms with Gasteiger partial charge in [0.05, 0.1) is 10.9 Å². The predicted octanol–water partition coefficient (Wildman–Crippen LogP) is 2.63. The van der Waals surface area contributed by atoms with Crippen LogP contribution in [0.15, 0.2) is 30.6 Å². The van der Waals surface area contributed by atoms with Gasteiger partial charge in [0.2, 0.25) is 0 Å². The summed E-state index contributed by atoms with van der Waals surface area (Å²) < 4.78 is 5.80. The molecule has 0 bridgehead atoms. The Morgan fingerprint density at radius 1 is 1.07 bits per heavy atom.